The van der Waals surface area contributed by atoms with Gasteiger partial charge in [0.15, 0.2) is 0 Å². The Morgan fingerprint density at radius 1 is 1.32 bits per heavy atom. The van der Waals surface area contributed by atoms with Gasteiger partial charge in [0.2, 0.25) is 17.6 Å². The lowest BCUT2D eigenvalue weighted by Crippen LogP contribution is -2.45. The van der Waals surface area contributed by atoms with Gasteiger partial charge in [-0.3, -0.25) is 4.79 Å². The van der Waals surface area contributed by atoms with Crippen LogP contribution in [0.4, 0.5) is 0 Å². The minimum atomic E-state index is -3.70. The molecule has 3 aromatic rings. The highest BCUT2D eigenvalue weighted by molar-refractivity contribution is 7.91. The molecule has 164 valence electrons. The number of aryl methyl sites for hydroxylation is 1. The zero-order chi connectivity index (χ0) is 21.8. The molecule has 31 heavy (non-hydrogen) atoms. The maximum atomic E-state index is 13.2. The van der Waals surface area contributed by atoms with E-state index in [1.807, 2.05) is 37.3 Å². The first-order chi connectivity index (χ1) is 15.0. The van der Waals surface area contributed by atoms with Gasteiger partial charge in [0, 0.05) is 37.0 Å². The normalized spacial score (nSPS) is 17.5. The molecule has 0 radical (unpaired) electrons. The Morgan fingerprint density at radius 2 is 2.13 bits per heavy atom. The zero-order valence-corrected chi connectivity index (χ0v) is 18.8. The van der Waals surface area contributed by atoms with E-state index in [-0.39, 0.29) is 22.6 Å². The Bertz CT molecular complexity index is 1140. The predicted octanol–water partition coefficient (Wildman–Crippen LogP) is 3.08. The van der Waals surface area contributed by atoms with E-state index >= 15 is 0 Å². The van der Waals surface area contributed by atoms with Gasteiger partial charge in [-0.25, -0.2) is 8.42 Å². The Labute approximate surface area is 185 Å². The highest BCUT2D eigenvalue weighted by Gasteiger charge is 2.34. The molecule has 4 rings (SSSR count). The number of nitrogens with zero attached hydrogens (tertiary/aromatic N) is 3. The first-order valence-electron chi connectivity index (χ1n) is 10.2. The van der Waals surface area contributed by atoms with Gasteiger partial charge in [-0.1, -0.05) is 42.4 Å². The number of amides is 1. The summed E-state index contributed by atoms with van der Waals surface area (Å²) < 4.78 is 33.1. The van der Waals surface area contributed by atoms with Crippen LogP contribution >= 0.6 is 11.3 Å². The molecule has 1 fully saturated rings. The summed E-state index contributed by atoms with van der Waals surface area (Å²) in [7, 11) is -3.70. The lowest BCUT2D eigenvalue weighted by molar-refractivity contribution is -0.126. The molecule has 10 heteroatoms. The molecular weight excluding hydrogens is 436 g/mol. The molecule has 1 atom stereocenters. The second-order valence-electron chi connectivity index (χ2n) is 7.43. The van der Waals surface area contributed by atoms with Crippen LogP contribution in [0.5, 0.6) is 0 Å². The fourth-order valence-electron chi connectivity index (χ4n) is 3.52. The van der Waals surface area contributed by atoms with Crippen molar-refractivity contribution in [1.29, 1.82) is 0 Å². The first kappa shape index (κ1) is 21.7. The Morgan fingerprint density at radius 3 is 2.87 bits per heavy atom. The monoisotopic (exact) mass is 460 g/mol. The highest BCUT2D eigenvalue weighted by Crippen LogP contribution is 2.31. The van der Waals surface area contributed by atoms with Crippen LogP contribution in [0.25, 0.3) is 11.4 Å². The number of aromatic nitrogens is 2. The average Bonchev–Trinajstić information content (AvgIpc) is 3.48. The van der Waals surface area contributed by atoms with Crippen molar-refractivity contribution in [3.05, 3.63) is 53.2 Å². The van der Waals surface area contributed by atoms with E-state index in [1.54, 1.807) is 11.4 Å². The zero-order valence-electron chi connectivity index (χ0n) is 17.2. The molecule has 1 aliphatic heterocycles. The van der Waals surface area contributed by atoms with Crippen LogP contribution in [0.2, 0.25) is 0 Å². The summed E-state index contributed by atoms with van der Waals surface area (Å²) in [5, 5.41) is 8.55. The van der Waals surface area contributed by atoms with E-state index in [0.717, 1.165) is 16.9 Å². The quantitative estimate of drug-likeness (QED) is 0.581. The number of thiophene rings is 1. The molecular formula is C21H24N4O4S2. The maximum absolute atomic E-state index is 13.2. The predicted molar refractivity (Wildman–Crippen MR) is 117 cm³/mol. The fraction of sp³-hybridized carbons (Fsp3) is 0.381. The third-order valence-corrected chi connectivity index (χ3v) is 8.54. The average molecular weight is 461 g/mol. The third kappa shape index (κ3) is 4.86. The smallest absolute Gasteiger partial charge is 0.252 e. The number of rotatable bonds is 7. The first-order valence-corrected chi connectivity index (χ1v) is 12.5. The summed E-state index contributed by atoms with van der Waals surface area (Å²) >= 11 is 1.13. The van der Waals surface area contributed by atoms with E-state index in [9.17, 15) is 13.2 Å². The molecule has 1 aromatic carbocycles. The van der Waals surface area contributed by atoms with Gasteiger partial charge in [-0.2, -0.15) is 9.29 Å². The number of hydrogen-bond donors (Lipinski definition) is 1. The van der Waals surface area contributed by atoms with E-state index in [2.05, 4.69) is 15.5 Å². The SMILES string of the molecule is CCc1nc(-c2csc(S(=O)(=O)N3CCCC(C(=O)NCc4ccccc4)C3)c2)no1. The molecule has 2 aromatic heterocycles. The minimum absolute atomic E-state index is 0.116. The maximum Gasteiger partial charge on any atom is 0.252 e. The second kappa shape index (κ2) is 9.29. The van der Waals surface area contributed by atoms with Gasteiger partial charge in [0.25, 0.3) is 10.0 Å². The number of hydrogen-bond acceptors (Lipinski definition) is 7. The standard InChI is InChI=1S/C21H24N4O4S2/c1-2-18-23-20(24-29-18)17-11-19(30-14-17)31(27,28)25-10-6-9-16(13-25)21(26)22-12-15-7-4-3-5-8-15/h3-5,7-8,11,14,16H,2,6,9-10,12-13H2,1H3,(H,22,26). The van der Waals surface area contributed by atoms with Crippen molar-refractivity contribution in [2.75, 3.05) is 13.1 Å². The summed E-state index contributed by atoms with van der Waals surface area (Å²) in [6.45, 7) is 2.92. The van der Waals surface area contributed by atoms with E-state index in [4.69, 9.17) is 4.52 Å². The molecule has 0 aliphatic carbocycles. The number of carbonyl (C=O) groups excluding carboxylic acids is 1. The number of carbonyl (C=O) groups is 1. The molecule has 0 bridgehead atoms. The number of benzene rings is 1. The number of nitrogens with one attached hydrogen (secondary N) is 1. The summed E-state index contributed by atoms with van der Waals surface area (Å²) in [4.78, 5) is 16.9. The van der Waals surface area contributed by atoms with Gasteiger partial charge >= 0.3 is 0 Å². The van der Waals surface area contributed by atoms with Gasteiger partial charge in [-0.05, 0) is 24.5 Å². The van der Waals surface area contributed by atoms with E-state index in [1.165, 1.54) is 4.31 Å². The largest absolute Gasteiger partial charge is 0.352 e. The second-order valence-corrected chi connectivity index (χ2v) is 10.5. The molecule has 1 amide bonds. The van der Waals surface area contributed by atoms with Crippen LogP contribution in [0.3, 0.4) is 0 Å². The Balaban J connectivity index is 1.43. The van der Waals surface area contributed by atoms with Gasteiger partial charge in [-0.15, -0.1) is 11.3 Å². The topological polar surface area (TPSA) is 105 Å². The van der Waals surface area contributed by atoms with Crippen molar-refractivity contribution in [3.63, 3.8) is 0 Å². The lowest BCUT2D eigenvalue weighted by atomic mass is 9.99. The van der Waals surface area contributed by atoms with Crippen molar-refractivity contribution in [2.45, 2.75) is 36.9 Å². The van der Waals surface area contributed by atoms with Gasteiger partial charge in [0.1, 0.15) is 4.21 Å². The molecule has 0 spiro atoms. The van der Waals surface area contributed by atoms with E-state index in [0.29, 0.717) is 49.6 Å². The van der Waals surface area contributed by atoms with Crippen LogP contribution < -0.4 is 5.32 Å². The summed E-state index contributed by atoms with van der Waals surface area (Å²) in [6, 6.07) is 11.2. The summed E-state index contributed by atoms with van der Waals surface area (Å²) in [6.07, 6.45) is 1.93. The molecule has 1 saturated heterocycles. The van der Waals surface area contributed by atoms with Crippen LogP contribution in [-0.2, 0) is 27.8 Å². The molecule has 3 heterocycles. The van der Waals surface area contributed by atoms with Crippen LogP contribution in [-0.4, -0.2) is 41.9 Å². The lowest BCUT2D eigenvalue weighted by Gasteiger charge is -2.30. The summed E-state index contributed by atoms with van der Waals surface area (Å²) in [5.41, 5.74) is 1.62. The van der Waals surface area contributed by atoms with Crippen molar-refractivity contribution in [3.8, 4) is 11.4 Å². The van der Waals surface area contributed by atoms with Gasteiger partial charge in [0.05, 0.1) is 5.92 Å². The summed E-state index contributed by atoms with van der Waals surface area (Å²) in [5.74, 6) is 0.405. The Hall–Kier alpha value is -2.56. The minimum Gasteiger partial charge on any atom is -0.352 e. The number of sulfonamides is 1. The molecule has 1 N–H and O–H groups in total. The van der Waals surface area contributed by atoms with Crippen LogP contribution in [0, 0.1) is 5.92 Å². The third-order valence-electron chi connectivity index (χ3n) is 5.26. The van der Waals surface area contributed by atoms with Crippen molar-refractivity contribution in [1.82, 2.24) is 19.8 Å². The van der Waals surface area contributed by atoms with Crippen LogP contribution in [0.1, 0.15) is 31.2 Å². The molecule has 0 saturated carbocycles. The van der Waals surface area contributed by atoms with E-state index < -0.39 is 10.0 Å². The number of piperidine rings is 1. The fourth-order valence-corrected chi connectivity index (χ4v) is 6.35. The molecule has 1 unspecified atom stereocenters. The highest BCUT2D eigenvalue weighted by atomic mass is 32.2. The molecule has 8 nitrogen and oxygen atoms in total. The Kier molecular flexibility index (Phi) is 6.49. The van der Waals surface area contributed by atoms with Gasteiger partial charge < -0.3 is 9.84 Å². The van der Waals surface area contributed by atoms with Crippen molar-refractivity contribution >= 4 is 27.3 Å². The van der Waals surface area contributed by atoms with Crippen LogP contribution in [0.15, 0.2) is 50.5 Å². The van der Waals surface area contributed by atoms with Crippen molar-refractivity contribution in [2.24, 2.45) is 5.92 Å². The van der Waals surface area contributed by atoms with Crippen molar-refractivity contribution < 1.29 is 17.7 Å². The molecule has 1 aliphatic rings.